The fourth-order valence-electron chi connectivity index (χ4n) is 1.52. The Kier molecular flexibility index (Phi) is 1.62. The van der Waals surface area contributed by atoms with Crippen LogP contribution in [0.4, 0.5) is 0 Å². The summed E-state index contributed by atoms with van der Waals surface area (Å²) >= 11 is 0. The molecule has 74 valence electrons. The smallest absolute Gasteiger partial charge is 0.178 e. The number of furan rings is 1. The van der Waals surface area contributed by atoms with Crippen molar-refractivity contribution in [3.63, 3.8) is 0 Å². The van der Waals surface area contributed by atoms with Gasteiger partial charge in [0.25, 0.3) is 0 Å². The van der Waals surface area contributed by atoms with Crippen LogP contribution in [0.15, 0.2) is 35.1 Å². The highest BCUT2D eigenvalue weighted by molar-refractivity contribution is 5.75. The Bertz CT molecular complexity index is 595. The molecule has 15 heavy (non-hydrogen) atoms. The number of nitrogens with zero attached hydrogens (tertiary/aromatic N) is 2. The third-order valence-electron chi connectivity index (χ3n) is 2.28. The van der Waals surface area contributed by atoms with Crippen LogP contribution in [0.2, 0.25) is 0 Å². The summed E-state index contributed by atoms with van der Waals surface area (Å²) in [5.41, 5.74) is 3.58. The lowest BCUT2D eigenvalue weighted by molar-refractivity contribution is 0.568. The lowest BCUT2D eigenvalue weighted by atomic mass is 10.3. The normalized spacial score (nSPS) is 11.0. The second kappa shape index (κ2) is 2.95. The first-order valence-electron chi connectivity index (χ1n) is 4.69. The van der Waals surface area contributed by atoms with Crippen LogP contribution in [0.1, 0.15) is 5.69 Å². The molecule has 4 nitrogen and oxygen atoms in total. The van der Waals surface area contributed by atoms with Gasteiger partial charge in [-0.15, -0.1) is 0 Å². The van der Waals surface area contributed by atoms with E-state index in [1.165, 1.54) is 0 Å². The molecule has 0 fully saturated rings. The van der Waals surface area contributed by atoms with Gasteiger partial charge < -0.3 is 9.40 Å². The number of aryl methyl sites for hydroxylation is 1. The van der Waals surface area contributed by atoms with Gasteiger partial charge in [-0.05, 0) is 25.1 Å². The van der Waals surface area contributed by atoms with Gasteiger partial charge in [0.2, 0.25) is 0 Å². The SMILES string of the molecule is Cc1ccc2[nH]c(-c3ccoc3)nc2n1. The van der Waals surface area contributed by atoms with Gasteiger partial charge in [0, 0.05) is 5.69 Å². The lowest BCUT2D eigenvalue weighted by Gasteiger charge is -1.88. The Morgan fingerprint density at radius 1 is 1.20 bits per heavy atom. The molecule has 0 atom stereocenters. The summed E-state index contributed by atoms with van der Waals surface area (Å²) in [5, 5.41) is 0. The van der Waals surface area contributed by atoms with Crippen LogP contribution in [0, 0.1) is 6.92 Å². The number of aromatic nitrogens is 3. The van der Waals surface area contributed by atoms with Gasteiger partial charge in [0.05, 0.1) is 17.3 Å². The van der Waals surface area contributed by atoms with Crippen LogP contribution in [0.25, 0.3) is 22.6 Å². The highest BCUT2D eigenvalue weighted by atomic mass is 16.3. The van der Waals surface area contributed by atoms with Gasteiger partial charge >= 0.3 is 0 Å². The molecule has 0 bridgehead atoms. The summed E-state index contributed by atoms with van der Waals surface area (Å²) < 4.78 is 5.01. The number of aromatic amines is 1. The van der Waals surface area contributed by atoms with Gasteiger partial charge in [-0.3, -0.25) is 0 Å². The number of pyridine rings is 1. The van der Waals surface area contributed by atoms with E-state index in [4.69, 9.17) is 4.42 Å². The third kappa shape index (κ3) is 1.30. The van der Waals surface area contributed by atoms with E-state index in [9.17, 15) is 0 Å². The van der Waals surface area contributed by atoms with E-state index in [0.717, 1.165) is 28.2 Å². The monoisotopic (exact) mass is 199 g/mol. The summed E-state index contributed by atoms with van der Waals surface area (Å²) in [7, 11) is 0. The Morgan fingerprint density at radius 3 is 2.93 bits per heavy atom. The van der Waals surface area contributed by atoms with Crippen molar-refractivity contribution in [2.75, 3.05) is 0 Å². The maximum Gasteiger partial charge on any atom is 0.178 e. The molecule has 0 saturated carbocycles. The molecule has 0 aliphatic carbocycles. The Hall–Kier alpha value is -2.10. The summed E-state index contributed by atoms with van der Waals surface area (Å²) in [5.74, 6) is 0.789. The zero-order chi connectivity index (χ0) is 10.3. The first kappa shape index (κ1) is 8.23. The molecule has 4 heteroatoms. The van der Waals surface area contributed by atoms with E-state index in [-0.39, 0.29) is 0 Å². The molecule has 0 aliphatic heterocycles. The maximum atomic E-state index is 5.01. The lowest BCUT2D eigenvalue weighted by Crippen LogP contribution is -1.80. The Balaban J connectivity index is 2.22. The van der Waals surface area contributed by atoms with Crippen molar-refractivity contribution < 1.29 is 4.42 Å². The van der Waals surface area contributed by atoms with Crippen LogP contribution in [0.3, 0.4) is 0 Å². The number of hydrogen-bond acceptors (Lipinski definition) is 3. The number of fused-ring (bicyclic) bond motifs is 1. The van der Waals surface area contributed by atoms with Gasteiger partial charge in [-0.2, -0.15) is 0 Å². The number of nitrogens with one attached hydrogen (secondary N) is 1. The van der Waals surface area contributed by atoms with Crippen molar-refractivity contribution >= 4 is 11.2 Å². The van der Waals surface area contributed by atoms with Crippen LogP contribution < -0.4 is 0 Å². The second-order valence-corrected chi connectivity index (χ2v) is 3.42. The van der Waals surface area contributed by atoms with Gasteiger partial charge in [-0.1, -0.05) is 0 Å². The molecule has 0 aromatic carbocycles. The molecule has 0 amide bonds. The summed E-state index contributed by atoms with van der Waals surface area (Å²) in [4.78, 5) is 11.9. The van der Waals surface area contributed by atoms with E-state index in [1.54, 1.807) is 12.5 Å². The minimum absolute atomic E-state index is 0.742. The molecule has 0 aliphatic rings. The fraction of sp³-hybridized carbons (Fsp3) is 0.0909. The summed E-state index contributed by atoms with van der Waals surface area (Å²) in [6.07, 6.45) is 3.28. The van der Waals surface area contributed by atoms with Crippen LogP contribution >= 0.6 is 0 Å². The number of hydrogen-bond donors (Lipinski definition) is 1. The molecular formula is C11H9N3O. The molecule has 0 spiro atoms. The zero-order valence-corrected chi connectivity index (χ0v) is 8.19. The second-order valence-electron chi connectivity index (χ2n) is 3.42. The predicted octanol–water partition coefficient (Wildman–Crippen LogP) is 2.53. The summed E-state index contributed by atoms with van der Waals surface area (Å²) in [6, 6.07) is 5.80. The molecule has 0 saturated heterocycles. The minimum Gasteiger partial charge on any atom is -0.472 e. The van der Waals surface area contributed by atoms with Crippen molar-refractivity contribution in [1.29, 1.82) is 0 Å². The highest BCUT2D eigenvalue weighted by Crippen LogP contribution is 2.19. The molecule has 1 N–H and O–H groups in total. The number of imidazole rings is 1. The van der Waals surface area contributed by atoms with Gasteiger partial charge in [0.15, 0.2) is 5.65 Å². The standard InChI is InChI=1S/C11H9N3O/c1-7-2-3-9-11(12-7)14-10(13-9)8-4-5-15-6-8/h2-6H,1H3,(H,12,13,14). The Labute approximate surface area is 86.0 Å². The number of H-pyrrole nitrogens is 1. The zero-order valence-electron chi connectivity index (χ0n) is 8.19. The Morgan fingerprint density at radius 2 is 2.13 bits per heavy atom. The van der Waals surface area contributed by atoms with E-state index in [2.05, 4.69) is 15.0 Å². The average Bonchev–Trinajstić information content (AvgIpc) is 2.84. The van der Waals surface area contributed by atoms with Gasteiger partial charge in [-0.25, -0.2) is 9.97 Å². The van der Waals surface area contributed by atoms with Crippen molar-refractivity contribution in [3.05, 3.63) is 36.4 Å². The fourth-order valence-corrected chi connectivity index (χ4v) is 1.52. The van der Waals surface area contributed by atoms with Crippen molar-refractivity contribution in [1.82, 2.24) is 15.0 Å². The maximum absolute atomic E-state index is 5.01. The molecule has 3 aromatic heterocycles. The topological polar surface area (TPSA) is 54.7 Å². The van der Waals surface area contributed by atoms with Crippen molar-refractivity contribution in [2.24, 2.45) is 0 Å². The molecule has 3 aromatic rings. The third-order valence-corrected chi connectivity index (χ3v) is 2.28. The van der Waals surface area contributed by atoms with Gasteiger partial charge in [0.1, 0.15) is 12.1 Å². The molecule has 3 heterocycles. The number of rotatable bonds is 1. The van der Waals surface area contributed by atoms with Crippen LogP contribution in [-0.2, 0) is 0 Å². The van der Waals surface area contributed by atoms with Crippen LogP contribution in [-0.4, -0.2) is 15.0 Å². The van der Waals surface area contributed by atoms with E-state index >= 15 is 0 Å². The minimum atomic E-state index is 0.742. The van der Waals surface area contributed by atoms with E-state index in [1.807, 2.05) is 25.1 Å². The molecule has 3 rings (SSSR count). The quantitative estimate of drug-likeness (QED) is 0.655. The largest absolute Gasteiger partial charge is 0.472 e. The highest BCUT2D eigenvalue weighted by Gasteiger charge is 2.06. The first-order chi connectivity index (χ1) is 7.33. The molecule has 0 radical (unpaired) electrons. The predicted molar refractivity (Wildman–Crippen MR) is 56.3 cm³/mol. The van der Waals surface area contributed by atoms with Crippen molar-refractivity contribution in [2.45, 2.75) is 6.92 Å². The van der Waals surface area contributed by atoms with Crippen molar-refractivity contribution in [3.8, 4) is 11.4 Å². The van der Waals surface area contributed by atoms with E-state index < -0.39 is 0 Å². The average molecular weight is 199 g/mol. The summed E-state index contributed by atoms with van der Waals surface area (Å²) in [6.45, 7) is 1.95. The first-order valence-corrected chi connectivity index (χ1v) is 4.69. The van der Waals surface area contributed by atoms with E-state index in [0.29, 0.717) is 0 Å². The van der Waals surface area contributed by atoms with Crippen LogP contribution in [0.5, 0.6) is 0 Å². The molecular weight excluding hydrogens is 190 g/mol. The molecule has 0 unspecified atom stereocenters.